The molecule has 0 radical (unpaired) electrons. The highest BCUT2D eigenvalue weighted by Crippen LogP contribution is 2.25. The lowest BCUT2D eigenvalue weighted by molar-refractivity contribution is 0.0594. The average molecular weight is 386 g/mol. The summed E-state index contributed by atoms with van der Waals surface area (Å²) in [4.78, 5) is 38.4. The Morgan fingerprint density at radius 1 is 1.26 bits per heavy atom. The van der Waals surface area contributed by atoms with E-state index in [-0.39, 0.29) is 11.5 Å². The van der Waals surface area contributed by atoms with Crippen LogP contribution < -0.4 is 5.56 Å². The number of hydrogen-bond donors (Lipinski definition) is 1. The van der Waals surface area contributed by atoms with Gasteiger partial charge in [0.2, 0.25) is 0 Å². The van der Waals surface area contributed by atoms with Crippen LogP contribution in [0.25, 0.3) is 10.2 Å². The van der Waals surface area contributed by atoms with Gasteiger partial charge < -0.3 is 14.3 Å². The van der Waals surface area contributed by atoms with Gasteiger partial charge in [0.1, 0.15) is 10.7 Å². The van der Waals surface area contributed by atoms with Gasteiger partial charge in [-0.25, -0.2) is 4.98 Å². The number of fused-ring (bicyclic) bond motifs is 1. The average Bonchev–Trinajstić information content (AvgIpc) is 3.18. The van der Waals surface area contributed by atoms with E-state index in [4.69, 9.17) is 4.42 Å². The van der Waals surface area contributed by atoms with Crippen LogP contribution in [0.1, 0.15) is 32.4 Å². The Morgan fingerprint density at radius 3 is 2.67 bits per heavy atom. The van der Waals surface area contributed by atoms with Crippen molar-refractivity contribution in [3.8, 4) is 0 Å². The zero-order valence-electron chi connectivity index (χ0n) is 15.7. The molecule has 1 N–H and O–H groups in total. The molecule has 4 rings (SSSR count). The number of piperazine rings is 1. The highest BCUT2D eigenvalue weighted by Gasteiger charge is 2.25. The Balaban J connectivity index is 1.44. The fourth-order valence-corrected chi connectivity index (χ4v) is 4.48. The van der Waals surface area contributed by atoms with Crippen molar-refractivity contribution in [1.82, 2.24) is 19.8 Å². The van der Waals surface area contributed by atoms with E-state index in [1.165, 1.54) is 0 Å². The lowest BCUT2D eigenvalue weighted by Gasteiger charge is -2.34. The molecule has 0 aliphatic carbocycles. The van der Waals surface area contributed by atoms with Gasteiger partial charge in [-0.3, -0.25) is 14.5 Å². The molecule has 1 saturated heterocycles. The molecule has 0 bridgehead atoms. The number of nitrogens with zero attached hydrogens (tertiary/aromatic N) is 3. The van der Waals surface area contributed by atoms with E-state index in [0.717, 1.165) is 33.9 Å². The van der Waals surface area contributed by atoms with E-state index in [1.807, 2.05) is 25.7 Å². The predicted molar refractivity (Wildman–Crippen MR) is 104 cm³/mol. The molecule has 8 heteroatoms. The van der Waals surface area contributed by atoms with Crippen LogP contribution in [-0.4, -0.2) is 51.9 Å². The second-order valence-electron chi connectivity index (χ2n) is 6.98. The lowest BCUT2D eigenvalue weighted by Crippen LogP contribution is -2.48. The maximum Gasteiger partial charge on any atom is 0.289 e. The van der Waals surface area contributed by atoms with Crippen LogP contribution in [0.15, 0.2) is 21.5 Å². The number of furan rings is 1. The highest BCUT2D eigenvalue weighted by molar-refractivity contribution is 7.18. The minimum absolute atomic E-state index is 0.0605. The van der Waals surface area contributed by atoms with Crippen LogP contribution in [0.4, 0.5) is 0 Å². The van der Waals surface area contributed by atoms with Crippen molar-refractivity contribution in [3.63, 3.8) is 0 Å². The van der Waals surface area contributed by atoms with E-state index >= 15 is 0 Å². The summed E-state index contributed by atoms with van der Waals surface area (Å²) < 4.78 is 5.31. The number of H-pyrrole nitrogens is 1. The van der Waals surface area contributed by atoms with E-state index in [0.29, 0.717) is 36.6 Å². The Kier molecular flexibility index (Phi) is 4.61. The fraction of sp³-hybridized carbons (Fsp3) is 0.421. The number of carbonyl (C=O) groups is 1. The third kappa shape index (κ3) is 3.30. The first-order valence-corrected chi connectivity index (χ1v) is 9.80. The highest BCUT2D eigenvalue weighted by atomic mass is 32.1. The van der Waals surface area contributed by atoms with Crippen molar-refractivity contribution in [2.75, 3.05) is 26.2 Å². The number of aromatic amines is 1. The number of nitrogens with one attached hydrogen (secondary N) is 1. The van der Waals surface area contributed by atoms with Crippen LogP contribution in [-0.2, 0) is 6.54 Å². The maximum absolute atomic E-state index is 12.5. The first-order chi connectivity index (χ1) is 12.9. The third-order valence-corrected chi connectivity index (χ3v) is 6.28. The van der Waals surface area contributed by atoms with Gasteiger partial charge in [-0.05, 0) is 32.4 Å². The summed E-state index contributed by atoms with van der Waals surface area (Å²) in [5.41, 5.74) is 1.80. The minimum atomic E-state index is -0.0704. The van der Waals surface area contributed by atoms with Crippen molar-refractivity contribution in [2.45, 2.75) is 27.3 Å². The van der Waals surface area contributed by atoms with Crippen LogP contribution in [0, 0.1) is 20.8 Å². The summed E-state index contributed by atoms with van der Waals surface area (Å²) in [5.74, 6) is 1.04. The molecule has 0 unspecified atom stereocenters. The molecule has 27 heavy (non-hydrogen) atoms. The molecule has 142 valence electrons. The normalized spacial score (nSPS) is 15.6. The number of carbonyl (C=O) groups excluding carboxylic acids is 1. The summed E-state index contributed by atoms with van der Waals surface area (Å²) in [6, 6.07) is 1.80. The largest absolute Gasteiger partial charge is 0.459 e. The predicted octanol–water partition coefficient (Wildman–Crippen LogP) is 2.46. The number of thiophene rings is 1. The van der Waals surface area contributed by atoms with Crippen molar-refractivity contribution in [2.24, 2.45) is 0 Å². The topological polar surface area (TPSA) is 82.4 Å². The summed E-state index contributed by atoms with van der Waals surface area (Å²) in [7, 11) is 0. The van der Waals surface area contributed by atoms with Gasteiger partial charge >= 0.3 is 0 Å². The second kappa shape index (κ2) is 6.94. The van der Waals surface area contributed by atoms with E-state index < -0.39 is 0 Å². The molecule has 0 atom stereocenters. The molecule has 3 aromatic rings. The summed E-state index contributed by atoms with van der Waals surface area (Å²) in [6.45, 7) is 9.14. The number of aromatic nitrogens is 2. The standard InChI is InChI=1S/C19H22N4O3S/c1-11-4-9-26-16(11)19(25)23-7-5-22(6-8-23)10-14-20-17(24)15-12(2)13(3)27-18(15)21-14/h4,9H,5-8,10H2,1-3H3,(H,20,21,24). The SMILES string of the molecule is Cc1ccoc1C(=O)N1CCN(Cc2nc3sc(C)c(C)c3c(=O)[nH]2)CC1. The number of rotatable bonds is 3. The van der Waals surface area contributed by atoms with Crippen LogP contribution in [0.5, 0.6) is 0 Å². The summed E-state index contributed by atoms with van der Waals surface area (Å²) >= 11 is 1.56. The summed E-state index contributed by atoms with van der Waals surface area (Å²) in [6.07, 6.45) is 1.55. The van der Waals surface area contributed by atoms with Crippen LogP contribution in [0.2, 0.25) is 0 Å². The Bertz CT molecular complexity index is 1060. The maximum atomic E-state index is 12.5. The zero-order valence-corrected chi connectivity index (χ0v) is 16.5. The Morgan fingerprint density at radius 2 is 2.00 bits per heavy atom. The third-order valence-electron chi connectivity index (χ3n) is 5.18. The first-order valence-electron chi connectivity index (χ1n) is 8.98. The van der Waals surface area contributed by atoms with E-state index in [1.54, 1.807) is 23.7 Å². The smallest absolute Gasteiger partial charge is 0.289 e. The van der Waals surface area contributed by atoms with Gasteiger partial charge in [0.05, 0.1) is 18.2 Å². The zero-order chi connectivity index (χ0) is 19.1. The number of hydrogen-bond acceptors (Lipinski definition) is 6. The number of amides is 1. The lowest BCUT2D eigenvalue weighted by atomic mass is 10.2. The summed E-state index contributed by atoms with van der Waals surface area (Å²) in [5, 5.41) is 0.700. The van der Waals surface area contributed by atoms with Gasteiger partial charge in [0, 0.05) is 36.6 Å². The molecule has 1 amide bonds. The van der Waals surface area contributed by atoms with Crippen molar-refractivity contribution in [3.05, 3.63) is 50.3 Å². The number of aryl methyl sites for hydroxylation is 3. The van der Waals surface area contributed by atoms with Crippen LogP contribution in [0.3, 0.4) is 0 Å². The molecule has 4 heterocycles. The quantitative estimate of drug-likeness (QED) is 0.748. The monoisotopic (exact) mass is 386 g/mol. The molecular weight excluding hydrogens is 364 g/mol. The van der Waals surface area contributed by atoms with E-state index in [2.05, 4.69) is 14.9 Å². The second-order valence-corrected chi connectivity index (χ2v) is 8.18. The van der Waals surface area contributed by atoms with Crippen molar-refractivity contribution in [1.29, 1.82) is 0 Å². The van der Waals surface area contributed by atoms with E-state index in [9.17, 15) is 9.59 Å². The minimum Gasteiger partial charge on any atom is -0.459 e. The molecule has 0 spiro atoms. The van der Waals surface area contributed by atoms with Gasteiger partial charge in [-0.1, -0.05) is 0 Å². The fourth-order valence-electron chi connectivity index (χ4n) is 3.43. The van der Waals surface area contributed by atoms with Gasteiger partial charge in [0.15, 0.2) is 5.76 Å². The molecule has 3 aromatic heterocycles. The Hall–Kier alpha value is -2.45. The van der Waals surface area contributed by atoms with Gasteiger partial charge in [-0.15, -0.1) is 11.3 Å². The molecule has 0 saturated carbocycles. The van der Waals surface area contributed by atoms with Crippen molar-refractivity contribution >= 4 is 27.5 Å². The van der Waals surface area contributed by atoms with Gasteiger partial charge in [0.25, 0.3) is 11.5 Å². The van der Waals surface area contributed by atoms with Crippen LogP contribution >= 0.6 is 11.3 Å². The molecule has 1 fully saturated rings. The molecular formula is C19H22N4O3S. The molecule has 0 aromatic carbocycles. The first kappa shape index (κ1) is 17.9. The Labute approximate surface area is 160 Å². The van der Waals surface area contributed by atoms with Crippen molar-refractivity contribution < 1.29 is 9.21 Å². The molecule has 1 aliphatic rings. The molecule has 1 aliphatic heterocycles. The van der Waals surface area contributed by atoms with Gasteiger partial charge in [-0.2, -0.15) is 0 Å². The molecule has 7 nitrogen and oxygen atoms in total.